The molecule has 0 atom stereocenters. The summed E-state index contributed by atoms with van der Waals surface area (Å²) in [7, 11) is 0. The zero-order valence-electron chi connectivity index (χ0n) is 17.8. The molecule has 0 aromatic heterocycles. The van der Waals surface area contributed by atoms with Gasteiger partial charge in [0.05, 0.1) is 0 Å². The molecule has 0 saturated carbocycles. The standard InChI is InChI=1S/C24H31N3O2S/c1-3-18-8-10-21(11-9-18)26-24(29)23(28)25-16-19-12-14-27(15-13-19)17-20-6-4-5-7-22(20)30-2/h4-11,19H,3,12-17H2,1-2H3,(H,25,28)(H,26,29). The van der Waals surface area contributed by atoms with Gasteiger partial charge >= 0.3 is 11.8 Å². The van der Waals surface area contributed by atoms with Crippen molar-refractivity contribution >= 4 is 29.3 Å². The highest BCUT2D eigenvalue weighted by atomic mass is 32.2. The molecule has 5 nitrogen and oxygen atoms in total. The summed E-state index contributed by atoms with van der Waals surface area (Å²) in [6, 6.07) is 16.1. The van der Waals surface area contributed by atoms with Crippen molar-refractivity contribution in [3.63, 3.8) is 0 Å². The van der Waals surface area contributed by atoms with Crippen molar-refractivity contribution in [2.75, 3.05) is 31.2 Å². The van der Waals surface area contributed by atoms with E-state index in [1.54, 1.807) is 11.8 Å². The number of rotatable bonds is 7. The van der Waals surface area contributed by atoms with E-state index in [4.69, 9.17) is 0 Å². The molecular formula is C24H31N3O2S. The highest BCUT2D eigenvalue weighted by molar-refractivity contribution is 7.98. The fourth-order valence-corrected chi connectivity index (χ4v) is 4.36. The highest BCUT2D eigenvalue weighted by Gasteiger charge is 2.22. The molecule has 1 heterocycles. The van der Waals surface area contributed by atoms with Gasteiger partial charge in [0.1, 0.15) is 0 Å². The number of thioether (sulfide) groups is 1. The maximum Gasteiger partial charge on any atom is 0.313 e. The van der Waals surface area contributed by atoms with E-state index in [2.05, 4.69) is 53.0 Å². The molecule has 1 aliphatic rings. The smallest absolute Gasteiger partial charge is 0.313 e. The number of amides is 2. The summed E-state index contributed by atoms with van der Waals surface area (Å²) in [5.74, 6) is -0.756. The predicted molar refractivity (Wildman–Crippen MR) is 124 cm³/mol. The molecular weight excluding hydrogens is 394 g/mol. The van der Waals surface area contributed by atoms with E-state index in [1.807, 2.05) is 24.3 Å². The molecule has 2 aromatic rings. The molecule has 3 rings (SSSR count). The first-order valence-corrected chi connectivity index (χ1v) is 11.8. The first-order chi connectivity index (χ1) is 14.6. The lowest BCUT2D eigenvalue weighted by Crippen LogP contribution is -2.41. The van der Waals surface area contributed by atoms with Gasteiger partial charge in [-0.05, 0) is 73.9 Å². The lowest BCUT2D eigenvalue weighted by molar-refractivity contribution is -0.136. The fraction of sp³-hybridized carbons (Fsp3) is 0.417. The summed E-state index contributed by atoms with van der Waals surface area (Å²) in [6.45, 7) is 5.62. The number of hydrogen-bond donors (Lipinski definition) is 2. The van der Waals surface area contributed by atoms with E-state index in [1.165, 1.54) is 16.0 Å². The molecule has 2 N–H and O–H groups in total. The Kier molecular flexibility index (Phi) is 8.34. The third kappa shape index (κ3) is 6.34. The number of aryl methyl sites for hydroxylation is 1. The quantitative estimate of drug-likeness (QED) is 0.521. The summed E-state index contributed by atoms with van der Waals surface area (Å²) < 4.78 is 0. The topological polar surface area (TPSA) is 61.4 Å². The Morgan fingerprint density at radius 1 is 1.03 bits per heavy atom. The normalized spacial score (nSPS) is 15.0. The summed E-state index contributed by atoms with van der Waals surface area (Å²) in [6.07, 6.45) is 5.12. The van der Waals surface area contributed by atoms with E-state index < -0.39 is 11.8 Å². The van der Waals surface area contributed by atoms with Gasteiger partial charge in [-0.1, -0.05) is 37.3 Å². The van der Waals surface area contributed by atoms with Crippen molar-refractivity contribution in [2.45, 2.75) is 37.6 Å². The van der Waals surface area contributed by atoms with Gasteiger partial charge < -0.3 is 10.6 Å². The van der Waals surface area contributed by atoms with E-state index in [-0.39, 0.29) is 0 Å². The SMILES string of the molecule is CCc1ccc(NC(=O)C(=O)NCC2CCN(Cc3ccccc3SC)CC2)cc1. The summed E-state index contributed by atoms with van der Waals surface area (Å²) in [4.78, 5) is 28.1. The zero-order chi connectivity index (χ0) is 21.3. The third-order valence-corrected chi connectivity index (χ3v) is 6.51. The molecule has 0 bridgehead atoms. The van der Waals surface area contributed by atoms with Gasteiger partial charge in [0.25, 0.3) is 0 Å². The molecule has 160 valence electrons. The maximum absolute atomic E-state index is 12.2. The van der Waals surface area contributed by atoms with Gasteiger partial charge in [0.15, 0.2) is 0 Å². The van der Waals surface area contributed by atoms with E-state index in [9.17, 15) is 9.59 Å². The molecule has 0 spiro atoms. The monoisotopic (exact) mass is 425 g/mol. The van der Waals surface area contributed by atoms with Gasteiger partial charge in [-0.3, -0.25) is 14.5 Å². The van der Waals surface area contributed by atoms with Crippen LogP contribution in [0.25, 0.3) is 0 Å². The molecule has 0 radical (unpaired) electrons. The molecule has 0 unspecified atom stereocenters. The average Bonchev–Trinajstić information content (AvgIpc) is 2.79. The van der Waals surface area contributed by atoms with E-state index in [0.717, 1.165) is 38.9 Å². The van der Waals surface area contributed by atoms with Crippen molar-refractivity contribution in [2.24, 2.45) is 5.92 Å². The lowest BCUT2D eigenvalue weighted by Gasteiger charge is -2.32. The van der Waals surface area contributed by atoms with Crippen LogP contribution in [0.15, 0.2) is 53.4 Å². The molecule has 1 fully saturated rings. The minimum absolute atomic E-state index is 0.414. The first-order valence-electron chi connectivity index (χ1n) is 10.6. The van der Waals surface area contributed by atoms with Gasteiger partial charge in [-0.25, -0.2) is 0 Å². The number of hydrogen-bond acceptors (Lipinski definition) is 4. The van der Waals surface area contributed by atoms with Crippen LogP contribution in [0, 0.1) is 5.92 Å². The number of carbonyl (C=O) groups is 2. The number of piperidine rings is 1. The van der Waals surface area contributed by atoms with Crippen molar-refractivity contribution in [1.82, 2.24) is 10.2 Å². The highest BCUT2D eigenvalue weighted by Crippen LogP contribution is 2.24. The largest absolute Gasteiger partial charge is 0.348 e. The second-order valence-electron chi connectivity index (χ2n) is 7.75. The minimum Gasteiger partial charge on any atom is -0.348 e. The number of anilines is 1. The Morgan fingerprint density at radius 3 is 2.40 bits per heavy atom. The van der Waals surface area contributed by atoms with Crippen LogP contribution in [-0.4, -0.2) is 42.6 Å². The van der Waals surface area contributed by atoms with Crippen molar-refractivity contribution < 1.29 is 9.59 Å². The summed E-state index contributed by atoms with van der Waals surface area (Å²) in [5, 5.41) is 5.47. The lowest BCUT2D eigenvalue weighted by atomic mass is 9.96. The predicted octanol–water partition coefficient (Wildman–Crippen LogP) is 3.94. The number of likely N-dealkylation sites (tertiary alicyclic amines) is 1. The van der Waals surface area contributed by atoms with Crippen molar-refractivity contribution in [3.8, 4) is 0 Å². The maximum atomic E-state index is 12.2. The zero-order valence-corrected chi connectivity index (χ0v) is 18.6. The van der Waals surface area contributed by atoms with Crippen molar-refractivity contribution in [1.29, 1.82) is 0 Å². The molecule has 2 amide bonds. The summed E-state index contributed by atoms with van der Waals surface area (Å²) in [5.41, 5.74) is 3.22. The first kappa shape index (κ1) is 22.4. The average molecular weight is 426 g/mol. The summed E-state index contributed by atoms with van der Waals surface area (Å²) >= 11 is 1.79. The van der Waals surface area contributed by atoms with Crippen molar-refractivity contribution in [3.05, 3.63) is 59.7 Å². The van der Waals surface area contributed by atoms with Crippen LogP contribution in [0.4, 0.5) is 5.69 Å². The number of nitrogens with one attached hydrogen (secondary N) is 2. The molecule has 2 aromatic carbocycles. The molecule has 30 heavy (non-hydrogen) atoms. The van der Waals surface area contributed by atoms with E-state index >= 15 is 0 Å². The molecule has 6 heteroatoms. The van der Waals surface area contributed by atoms with Gasteiger partial charge in [-0.2, -0.15) is 0 Å². The Balaban J connectivity index is 1.39. The fourth-order valence-electron chi connectivity index (χ4n) is 3.75. The van der Waals surface area contributed by atoms with Crippen LogP contribution in [0.3, 0.4) is 0 Å². The third-order valence-electron chi connectivity index (χ3n) is 5.67. The van der Waals surface area contributed by atoms with E-state index in [0.29, 0.717) is 18.2 Å². The molecule has 1 saturated heterocycles. The minimum atomic E-state index is -0.606. The van der Waals surface area contributed by atoms with Crippen LogP contribution in [0.2, 0.25) is 0 Å². The Bertz CT molecular complexity index is 846. The number of benzene rings is 2. The Labute approximate surface area is 183 Å². The van der Waals surface area contributed by atoms with Crippen LogP contribution in [0.1, 0.15) is 30.9 Å². The van der Waals surface area contributed by atoms with Crippen LogP contribution >= 0.6 is 11.8 Å². The number of nitrogens with zero attached hydrogens (tertiary/aromatic N) is 1. The second kappa shape index (κ2) is 11.2. The second-order valence-corrected chi connectivity index (χ2v) is 8.59. The number of carbonyl (C=O) groups excluding carboxylic acids is 2. The Morgan fingerprint density at radius 2 is 1.73 bits per heavy atom. The van der Waals surface area contributed by atoms with Gasteiger partial charge in [-0.15, -0.1) is 11.8 Å². The Hall–Kier alpha value is -2.31. The van der Waals surface area contributed by atoms with Crippen LogP contribution in [0.5, 0.6) is 0 Å². The molecule has 1 aliphatic heterocycles. The molecule has 0 aliphatic carbocycles. The van der Waals surface area contributed by atoms with Crippen LogP contribution < -0.4 is 10.6 Å². The van der Waals surface area contributed by atoms with Gasteiger partial charge in [0, 0.05) is 23.7 Å². The van der Waals surface area contributed by atoms with Gasteiger partial charge in [0.2, 0.25) is 0 Å². The van der Waals surface area contributed by atoms with Crippen LogP contribution in [-0.2, 0) is 22.6 Å².